The van der Waals surface area contributed by atoms with Gasteiger partial charge in [0, 0.05) is 37.3 Å². The molecule has 0 unspecified atom stereocenters. The van der Waals surface area contributed by atoms with Crippen LogP contribution in [0.3, 0.4) is 0 Å². The molecule has 3 rings (SSSR count). The molecule has 2 saturated heterocycles. The van der Waals surface area contributed by atoms with E-state index in [0.717, 1.165) is 30.5 Å². The van der Waals surface area contributed by atoms with Crippen molar-refractivity contribution in [2.45, 2.75) is 57.4 Å². The van der Waals surface area contributed by atoms with Gasteiger partial charge in [-0.3, -0.25) is 9.89 Å². The second-order valence-electron chi connectivity index (χ2n) is 6.72. The van der Waals surface area contributed by atoms with E-state index in [1.165, 1.54) is 45.2 Å². The number of rotatable bonds is 6. The van der Waals surface area contributed by atoms with Gasteiger partial charge in [-0.1, -0.05) is 6.42 Å². The van der Waals surface area contributed by atoms with Gasteiger partial charge in [-0.25, -0.2) is 0 Å². The monoisotopic (exact) mass is 304 g/mol. The average molecular weight is 304 g/mol. The Hall–Kier alpha value is -1.36. The van der Waals surface area contributed by atoms with E-state index in [1.807, 2.05) is 6.07 Å². The van der Waals surface area contributed by atoms with Crippen LogP contribution in [0.4, 0.5) is 0 Å². The molecule has 1 aromatic heterocycles. The van der Waals surface area contributed by atoms with Crippen LogP contribution in [-0.4, -0.2) is 46.7 Å². The first-order valence-electron chi connectivity index (χ1n) is 8.82. The number of carbonyl (C=O) groups excluding carboxylic acids is 1. The molecule has 1 amide bonds. The first-order valence-corrected chi connectivity index (χ1v) is 8.82. The molecule has 2 aliphatic rings. The standard InChI is InChI=1S/C17H28N4O/c22-17(18-10-8-15-9-11-19-20-15)7-6-14-4-3-13-21-12-2-1-5-16(14)21/h9,11,14,16H,1-8,10,12-13H2,(H,18,22)(H,19,20)/t14-,16+/m0/s1. The fraction of sp³-hybridized carbons (Fsp3) is 0.765. The Morgan fingerprint density at radius 1 is 1.32 bits per heavy atom. The van der Waals surface area contributed by atoms with Crippen LogP contribution in [0.25, 0.3) is 0 Å². The molecule has 0 bridgehead atoms. The third-order valence-corrected chi connectivity index (χ3v) is 5.25. The number of hydrogen-bond acceptors (Lipinski definition) is 3. The van der Waals surface area contributed by atoms with Gasteiger partial charge in [-0.05, 0) is 57.2 Å². The highest BCUT2D eigenvalue weighted by atomic mass is 16.1. The second-order valence-corrected chi connectivity index (χ2v) is 6.72. The van der Waals surface area contributed by atoms with E-state index in [1.54, 1.807) is 6.20 Å². The first kappa shape index (κ1) is 15.5. The minimum absolute atomic E-state index is 0.201. The van der Waals surface area contributed by atoms with Crippen molar-refractivity contribution in [2.75, 3.05) is 19.6 Å². The summed E-state index contributed by atoms with van der Waals surface area (Å²) in [5.41, 5.74) is 1.07. The van der Waals surface area contributed by atoms with Crippen molar-refractivity contribution in [2.24, 2.45) is 5.92 Å². The predicted molar refractivity (Wildman–Crippen MR) is 86.5 cm³/mol. The van der Waals surface area contributed by atoms with Crippen LogP contribution in [0.2, 0.25) is 0 Å². The van der Waals surface area contributed by atoms with Crippen molar-refractivity contribution in [1.29, 1.82) is 0 Å². The van der Waals surface area contributed by atoms with Gasteiger partial charge in [-0.15, -0.1) is 0 Å². The van der Waals surface area contributed by atoms with Gasteiger partial charge in [0.1, 0.15) is 0 Å². The first-order chi connectivity index (χ1) is 10.8. The van der Waals surface area contributed by atoms with Crippen molar-refractivity contribution in [3.8, 4) is 0 Å². The van der Waals surface area contributed by atoms with Crippen molar-refractivity contribution in [3.63, 3.8) is 0 Å². The third-order valence-electron chi connectivity index (χ3n) is 5.25. The van der Waals surface area contributed by atoms with E-state index >= 15 is 0 Å². The summed E-state index contributed by atoms with van der Waals surface area (Å²) < 4.78 is 0. The van der Waals surface area contributed by atoms with Gasteiger partial charge in [0.25, 0.3) is 0 Å². The molecule has 2 N–H and O–H groups in total. The maximum absolute atomic E-state index is 12.0. The molecule has 1 aromatic rings. The zero-order valence-corrected chi connectivity index (χ0v) is 13.4. The molecular formula is C17H28N4O. The average Bonchev–Trinajstić information content (AvgIpc) is 3.06. The number of aromatic nitrogens is 2. The summed E-state index contributed by atoms with van der Waals surface area (Å²) in [7, 11) is 0. The van der Waals surface area contributed by atoms with Crippen molar-refractivity contribution < 1.29 is 4.79 Å². The number of carbonyl (C=O) groups is 1. The Kier molecular flexibility index (Phi) is 5.48. The highest BCUT2D eigenvalue weighted by molar-refractivity contribution is 5.75. The second kappa shape index (κ2) is 7.77. The van der Waals surface area contributed by atoms with Gasteiger partial charge < -0.3 is 10.2 Å². The maximum atomic E-state index is 12.0. The van der Waals surface area contributed by atoms with Crippen LogP contribution in [0.5, 0.6) is 0 Å². The van der Waals surface area contributed by atoms with E-state index in [-0.39, 0.29) is 5.91 Å². The van der Waals surface area contributed by atoms with E-state index in [9.17, 15) is 4.79 Å². The summed E-state index contributed by atoms with van der Waals surface area (Å²) in [4.78, 5) is 14.7. The fourth-order valence-corrected chi connectivity index (χ4v) is 4.08. The van der Waals surface area contributed by atoms with Crippen LogP contribution in [-0.2, 0) is 11.2 Å². The quantitative estimate of drug-likeness (QED) is 0.846. The number of piperidine rings is 2. The molecule has 0 spiro atoms. The summed E-state index contributed by atoms with van der Waals surface area (Å²) in [5, 5.41) is 9.86. The zero-order chi connectivity index (χ0) is 15.2. The smallest absolute Gasteiger partial charge is 0.220 e. The Balaban J connectivity index is 1.36. The number of fused-ring (bicyclic) bond motifs is 1. The molecule has 3 heterocycles. The van der Waals surface area contributed by atoms with Gasteiger partial charge in [0.15, 0.2) is 0 Å². The number of nitrogens with zero attached hydrogens (tertiary/aromatic N) is 2. The summed E-state index contributed by atoms with van der Waals surface area (Å²) in [6.45, 7) is 3.25. The zero-order valence-electron chi connectivity index (χ0n) is 13.4. The topological polar surface area (TPSA) is 61.0 Å². The van der Waals surface area contributed by atoms with Crippen LogP contribution >= 0.6 is 0 Å². The summed E-state index contributed by atoms with van der Waals surface area (Å²) in [6.07, 6.45) is 11.0. The molecule has 5 nitrogen and oxygen atoms in total. The normalized spacial score (nSPS) is 25.6. The van der Waals surface area contributed by atoms with Gasteiger partial charge in [-0.2, -0.15) is 5.10 Å². The number of aromatic amines is 1. The highest BCUT2D eigenvalue weighted by Crippen LogP contribution is 2.33. The van der Waals surface area contributed by atoms with Crippen molar-refractivity contribution in [3.05, 3.63) is 18.0 Å². The Labute approximate surface area is 132 Å². The number of hydrogen-bond donors (Lipinski definition) is 2. The molecule has 2 aliphatic heterocycles. The van der Waals surface area contributed by atoms with Crippen LogP contribution in [0.15, 0.2) is 12.3 Å². The summed E-state index contributed by atoms with van der Waals surface area (Å²) in [5.74, 6) is 0.930. The highest BCUT2D eigenvalue weighted by Gasteiger charge is 2.32. The molecule has 2 fully saturated rings. The lowest BCUT2D eigenvalue weighted by Crippen LogP contribution is -2.48. The largest absolute Gasteiger partial charge is 0.356 e. The fourth-order valence-electron chi connectivity index (χ4n) is 4.08. The van der Waals surface area contributed by atoms with Crippen LogP contribution in [0.1, 0.15) is 50.6 Å². The minimum Gasteiger partial charge on any atom is -0.356 e. The van der Waals surface area contributed by atoms with Crippen LogP contribution in [0, 0.1) is 5.92 Å². The molecular weight excluding hydrogens is 276 g/mol. The van der Waals surface area contributed by atoms with Gasteiger partial charge in [0.2, 0.25) is 5.91 Å². The summed E-state index contributed by atoms with van der Waals surface area (Å²) in [6, 6.07) is 2.70. The van der Waals surface area contributed by atoms with Gasteiger partial charge in [0.05, 0.1) is 0 Å². The van der Waals surface area contributed by atoms with Gasteiger partial charge >= 0.3 is 0 Å². The molecule has 0 radical (unpaired) electrons. The molecule has 22 heavy (non-hydrogen) atoms. The lowest BCUT2D eigenvalue weighted by molar-refractivity contribution is -0.121. The Morgan fingerprint density at radius 3 is 3.09 bits per heavy atom. The van der Waals surface area contributed by atoms with Crippen LogP contribution < -0.4 is 5.32 Å². The van der Waals surface area contributed by atoms with Crippen molar-refractivity contribution >= 4 is 5.91 Å². The maximum Gasteiger partial charge on any atom is 0.220 e. The van der Waals surface area contributed by atoms with E-state index in [2.05, 4.69) is 20.4 Å². The van der Waals surface area contributed by atoms with E-state index in [4.69, 9.17) is 0 Å². The van der Waals surface area contributed by atoms with Crippen molar-refractivity contribution in [1.82, 2.24) is 20.4 Å². The SMILES string of the molecule is O=C(CC[C@@H]1CCCN2CCCC[C@H]12)NCCc1ccn[nH]1. The third kappa shape index (κ3) is 4.09. The number of nitrogens with one attached hydrogen (secondary N) is 2. The Morgan fingerprint density at radius 2 is 2.23 bits per heavy atom. The molecule has 2 atom stereocenters. The Bertz CT molecular complexity index is 457. The number of H-pyrrole nitrogens is 1. The molecule has 0 aromatic carbocycles. The lowest BCUT2D eigenvalue weighted by Gasteiger charge is -2.44. The molecule has 0 aliphatic carbocycles. The van der Waals surface area contributed by atoms with E-state index in [0.29, 0.717) is 13.0 Å². The lowest BCUT2D eigenvalue weighted by atomic mass is 9.81. The summed E-state index contributed by atoms with van der Waals surface area (Å²) >= 11 is 0. The molecule has 122 valence electrons. The molecule has 5 heteroatoms. The van der Waals surface area contributed by atoms with E-state index < -0.39 is 0 Å². The number of amides is 1. The predicted octanol–water partition coefficient (Wildman–Crippen LogP) is 2.11. The molecule has 0 saturated carbocycles. The minimum atomic E-state index is 0.201.